The number of rotatable bonds is 3. The molecule has 0 radical (unpaired) electrons. The molecule has 25 heavy (non-hydrogen) atoms. The van der Waals surface area contributed by atoms with Gasteiger partial charge in [0.25, 0.3) is 0 Å². The molecule has 0 fully saturated rings. The predicted octanol–water partition coefficient (Wildman–Crippen LogP) is 4.28. The zero-order chi connectivity index (χ0) is 18.1. The molecule has 0 spiro atoms. The minimum atomic E-state index is -2.40. The lowest BCUT2D eigenvalue weighted by molar-refractivity contribution is 0.603. The largest absolute Gasteiger partial charge is 0.207 e. The fraction of sp³-hybridized carbons (Fsp3) is 0. The van der Waals surface area contributed by atoms with Gasteiger partial charge in [0.15, 0.2) is 0 Å². The molecule has 0 saturated heterocycles. The van der Waals surface area contributed by atoms with Gasteiger partial charge in [-0.1, -0.05) is 0 Å². The van der Waals surface area contributed by atoms with Crippen LogP contribution in [0.2, 0.25) is 0 Å². The molecule has 0 saturated carbocycles. The number of hydrogen-bond acceptors (Lipinski definition) is 0. The van der Waals surface area contributed by atoms with Gasteiger partial charge in [-0.15, -0.1) is 0 Å². The molecule has 3 aromatic rings. The van der Waals surface area contributed by atoms with Crippen LogP contribution in [0.3, 0.4) is 0 Å². The Balaban J connectivity index is 2.34. The summed E-state index contributed by atoms with van der Waals surface area (Å²) >= 11 is 0. The van der Waals surface area contributed by atoms with E-state index >= 15 is 0 Å². The van der Waals surface area contributed by atoms with Gasteiger partial charge >= 0.3 is 0 Å². The Hall–Kier alpha value is -2.33. The van der Waals surface area contributed by atoms with Crippen molar-refractivity contribution in [1.29, 1.82) is 0 Å². The van der Waals surface area contributed by atoms with E-state index < -0.39 is 42.8 Å². The molecule has 0 amide bonds. The second-order valence-electron chi connectivity index (χ2n) is 5.12. The monoisotopic (exact) mass is 370 g/mol. The Morgan fingerprint density at radius 1 is 0.440 bits per heavy atom. The van der Waals surface area contributed by atoms with Gasteiger partial charge in [-0.2, -0.15) is 0 Å². The molecule has 128 valence electrons. The molecule has 0 aliphatic carbocycles. The first-order valence-electron chi connectivity index (χ1n) is 7.02. The Kier molecular flexibility index (Phi) is 4.82. The summed E-state index contributed by atoms with van der Waals surface area (Å²) in [6, 6.07) is 7.25. The van der Waals surface area contributed by atoms with E-state index in [2.05, 4.69) is 0 Å². The molecule has 0 bridgehead atoms. The molecule has 3 aromatic carbocycles. The highest BCUT2D eigenvalue weighted by Gasteiger charge is 2.27. The van der Waals surface area contributed by atoms with Crippen LogP contribution in [-0.4, -0.2) is 0 Å². The third kappa shape index (κ3) is 3.54. The van der Waals surface area contributed by atoms with Crippen molar-refractivity contribution in [3.8, 4) is 0 Å². The topological polar surface area (TPSA) is 0 Å². The van der Waals surface area contributed by atoms with Crippen molar-refractivity contribution >= 4 is 23.8 Å². The first-order valence-corrected chi connectivity index (χ1v) is 8.36. The third-order valence-electron chi connectivity index (χ3n) is 3.45. The average molecular weight is 370 g/mol. The average Bonchev–Trinajstić information content (AvgIpc) is 2.57. The minimum Gasteiger partial charge on any atom is -0.207 e. The maximum atomic E-state index is 14.3. The highest BCUT2D eigenvalue weighted by Crippen LogP contribution is 2.36. The first-order chi connectivity index (χ1) is 11.9. The second-order valence-corrected chi connectivity index (χ2v) is 7.24. The van der Waals surface area contributed by atoms with Crippen LogP contribution >= 0.6 is 7.92 Å². The van der Waals surface area contributed by atoms with Gasteiger partial charge in [-0.05, 0) is 62.5 Å². The summed E-state index contributed by atoms with van der Waals surface area (Å²) in [6.07, 6.45) is 0. The van der Waals surface area contributed by atoms with Gasteiger partial charge in [-0.3, -0.25) is 0 Å². The van der Waals surface area contributed by atoms with Gasteiger partial charge in [0.1, 0.15) is 34.9 Å². The molecular formula is C18H9F6P. The zero-order valence-corrected chi connectivity index (χ0v) is 13.3. The van der Waals surface area contributed by atoms with Crippen molar-refractivity contribution in [2.75, 3.05) is 0 Å². The van der Waals surface area contributed by atoms with E-state index in [9.17, 15) is 26.3 Å². The molecule has 0 atom stereocenters. The SMILES string of the molecule is Fc1ccc(F)c(P(c2cc(F)ccc2F)c2cc(F)ccc2F)c1. The molecule has 7 heteroatoms. The minimum absolute atomic E-state index is 0.371. The van der Waals surface area contributed by atoms with E-state index in [4.69, 9.17) is 0 Å². The molecule has 3 rings (SSSR count). The maximum absolute atomic E-state index is 14.3. The van der Waals surface area contributed by atoms with E-state index in [1.807, 2.05) is 0 Å². The number of hydrogen-bond donors (Lipinski definition) is 0. The molecule has 0 aliphatic heterocycles. The number of benzene rings is 3. The van der Waals surface area contributed by atoms with Crippen LogP contribution in [-0.2, 0) is 0 Å². The molecule has 0 N–H and O–H groups in total. The standard InChI is InChI=1S/C18H9F6P/c19-10-1-4-13(22)16(7-10)25(17-8-11(20)2-5-14(17)23)18-9-12(21)3-6-15(18)24/h1-9H. The molecular weight excluding hydrogens is 361 g/mol. The molecule has 0 nitrogen and oxygen atoms in total. The third-order valence-corrected chi connectivity index (χ3v) is 5.92. The van der Waals surface area contributed by atoms with E-state index in [1.165, 1.54) is 0 Å². The van der Waals surface area contributed by atoms with Crippen molar-refractivity contribution in [2.45, 2.75) is 0 Å². The highest BCUT2D eigenvalue weighted by atomic mass is 31.1. The van der Waals surface area contributed by atoms with Gasteiger partial charge in [0, 0.05) is 15.9 Å². The molecule has 0 aliphatic rings. The van der Waals surface area contributed by atoms with Crippen LogP contribution in [0, 0.1) is 34.9 Å². The van der Waals surface area contributed by atoms with Crippen LogP contribution in [0.25, 0.3) is 0 Å². The highest BCUT2D eigenvalue weighted by molar-refractivity contribution is 7.79. The summed E-state index contributed by atoms with van der Waals surface area (Å²) in [7, 11) is -2.40. The fourth-order valence-corrected chi connectivity index (χ4v) is 4.76. The van der Waals surface area contributed by atoms with Gasteiger partial charge in [0.2, 0.25) is 0 Å². The lowest BCUT2D eigenvalue weighted by atomic mass is 10.3. The van der Waals surface area contributed by atoms with E-state index in [1.54, 1.807) is 0 Å². The summed E-state index contributed by atoms with van der Waals surface area (Å²) < 4.78 is 83.6. The first kappa shape index (κ1) is 17.5. The van der Waals surface area contributed by atoms with Crippen LogP contribution in [0.15, 0.2) is 54.6 Å². The van der Waals surface area contributed by atoms with E-state index in [0.717, 1.165) is 54.6 Å². The maximum Gasteiger partial charge on any atom is 0.131 e. The van der Waals surface area contributed by atoms with Crippen LogP contribution in [0.4, 0.5) is 26.3 Å². The van der Waals surface area contributed by atoms with E-state index in [-0.39, 0.29) is 15.9 Å². The lowest BCUT2D eigenvalue weighted by Crippen LogP contribution is -2.27. The summed E-state index contributed by atoms with van der Waals surface area (Å²) in [5, 5.41) is -1.11. The summed E-state index contributed by atoms with van der Waals surface area (Å²) in [6.45, 7) is 0. The van der Waals surface area contributed by atoms with Crippen molar-refractivity contribution in [3.63, 3.8) is 0 Å². The Bertz CT molecular complexity index is 818. The van der Waals surface area contributed by atoms with E-state index in [0.29, 0.717) is 0 Å². The molecule has 0 heterocycles. The Labute approximate surface area is 140 Å². The molecule has 0 aromatic heterocycles. The Morgan fingerprint density at radius 2 is 0.720 bits per heavy atom. The Morgan fingerprint density at radius 3 is 1.00 bits per heavy atom. The summed E-state index contributed by atoms with van der Waals surface area (Å²) in [5.74, 6) is -5.30. The van der Waals surface area contributed by atoms with Crippen molar-refractivity contribution in [1.82, 2.24) is 0 Å². The second kappa shape index (κ2) is 6.89. The zero-order valence-electron chi connectivity index (χ0n) is 12.4. The van der Waals surface area contributed by atoms with Crippen molar-refractivity contribution < 1.29 is 26.3 Å². The smallest absolute Gasteiger partial charge is 0.131 e. The van der Waals surface area contributed by atoms with Gasteiger partial charge in [-0.25, -0.2) is 26.3 Å². The van der Waals surface area contributed by atoms with Gasteiger partial charge < -0.3 is 0 Å². The van der Waals surface area contributed by atoms with Crippen molar-refractivity contribution in [3.05, 3.63) is 89.5 Å². The quantitative estimate of drug-likeness (QED) is 0.477. The van der Waals surface area contributed by atoms with Crippen LogP contribution in [0.5, 0.6) is 0 Å². The summed E-state index contributed by atoms with van der Waals surface area (Å²) in [5.41, 5.74) is 0. The van der Waals surface area contributed by atoms with Gasteiger partial charge in [0.05, 0.1) is 0 Å². The summed E-state index contributed by atoms with van der Waals surface area (Å²) in [4.78, 5) is 0. The predicted molar refractivity (Wildman–Crippen MR) is 84.9 cm³/mol. The fourth-order valence-electron chi connectivity index (χ4n) is 2.36. The lowest BCUT2D eigenvalue weighted by Gasteiger charge is -2.21. The van der Waals surface area contributed by atoms with Crippen LogP contribution < -0.4 is 15.9 Å². The normalized spacial score (nSPS) is 11.2. The van der Waals surface area contributed by atoms with Crippen LogP contribution in [0.1, 0.15) is 0 Å². The van der Waals surface area contributed by atoms with Crippen molar-refractivity contribution in [2.24, 2.45) is 0 Å². The number of halogens is 6. The molecule has 0 unspecified atom stereocenters.